The Morgan fingerprint density at radius 1 is 0.938 bits per heavy atom. The summed E-state index contributed by atoms with van der Waals surface area (Å²) in [7, 11) is -4.50. The van der Waals surface area contributed by atoms with Crippen molar-refractivity contribution >= 4 is 13.9 Å². The first-order valence-electron chi connectivity index (χ1n) is 10.1. The summed E-state index contributed by atoms with van der Waals surface area (Å²) in [5, 5.41) is 2.96. The molecule has 5 N–H and O–H groups in total. The van der Waals surface area contributed by atoms with Crippen LogP contribution in [0, 0.1) is 0 Å². The lowest BCUT2D eigenvalue weighted by atomic mass is 9.99. The number of hydrogen-bond donors (Lipinski definition) is 4. The van der Waals surface area contributed by atoms with E-state index >= 15 is 0 Å². The normalized spacial score (nSPS) is 14.3. The van der Waals surface area contributed by atoms with Gasteiger partial charge in [0.25, 0.3) is 0 Å². The van der Waals surface area contributed by atoms with E-state index in [2.05, 4.69) is 5.32 Å². The molecule has 0 aromatic heterocycles. The minimum atomic E-state index is -4.50. The Kier molecular flexibility index (Phi) is 7.96. The Bertz CT molecular complexity index is 1040. The first-order chi connectivity index (χ1) is 15.3. The van der Waals surface area contributed by atoms with Crippen molar-refractivity contribution in [3.8, 4) is 5.75 Å². The zero-order chi connectivity index (χ0) is 23.0. The third kappa shape index (κ3) is 7.12. The van der Waals surface area contributed by atoms with E-state index < -0.39 is 25.5 Å². The van der Waals surface area contributed by atoms with Gasteiger partial charge < -0.3 is 25.1 Å². The number of hydrogen-bond acceptors (Lipinski definition) is 5. The molecular weight excluding hydrogens is 427 g/mol. The summed E-state index contributed by atoms with van der Waals surface area (Å²) in [6.07, 6.45) is 0.373. The van der Waals surface area contributed by atoms with E-state index in [1.54, 1.807) is 24.3 Å². The molecule has 0 spiro atoms. The van der Waals surface area contributed by atoms with Crippen LogP contribution in [0.4, 0.5) is 0 Å². The molecule has 7 nitrogen and oxygen atoms in total. The molecule has 0 fully saturated rings. The highest BCUT2D eigenvalue weighted by Gasteiger charge is 2.37. The highest BCUT2D eigenvalue weighted by Crippen LogP contribution is 2.40. The van der Waals surface area contributed by atoms with Gasteiger partial charge in [-0.3, -0.25) is 9.88 Å². The van der Waals surface area contributed by atoms with Crippen molar-refractivity contribution in [3.63, 3.8) is 0 Å². The summed E-state index contributed by atoms with van der Waals surface area (Å²) in [5.74, 6) is 0.590. The van der Waals surface area contributed by atoms with Crippen LogP contribution in [0.3, 0.4) is 0 Å². The number of aldehydes is 1. The van der Waals surface area contributed by atoms with Gasteiger partial charge in [0.05, 0.1) is 12.2 Å². The highest BCUT2D eigenvalue weighted by atomic mass is 31.2. The van der Waals surface area contributed by atoms with Gasteiger partial charge >= 0.3 is 7.60 Å². The molecule has 0 aliphatic carbocycles. The van der Waals surface area contributed by atoms with Crippen molar-refractivity contribution in [2.45, 2.75) is 24.7 Å². The van der Waals surface area contributed by atoms with Crippen molar-refractivity contribution < 1.29 is 23.9 Å². The number of nitrogens with one attached hydrogen (secondary N) is 1. The molecular formula is C24H27N2O5P. The predicted octanol–water partition coefficient (Wildman–Crippen LogP) is 2.95. The molecule has 3 aromatic rings. The Labute approximate surface area is 187 Å². The molecule has 0 saturated carbocycles. The van der Waals surface area contributed by atoms with Crippen LogP contribution in [-0.4, -0.2) is 28.3 Å². The number of benzene rings is 3. The van der Waals surface area contributed by atoms with E-state index in [0.29, 0.717) is 30.6 Å². The summed E-state index contributed by atoms with van der Waals surface area (Å²) < 4.78 is 17.6. The van der Waals surface area contributed by atoms with Crippen LogP contribution in [0.1, 0.15) is 16.7 Å². The molecule has 0 bridgehead atoms. The molecule has 0 aliphatic heterocycles. The van der Waals surface area contributed by atoms with Gasteiger partial charge in [0.15, 0.2) is 0 Å². The van der Waals surface area contributed by atoms with E-state index in [1.165, 1.54) is 0 Å². The van der Waals surface area contributed by atoms with Crippen LogP contribution < -0.4 is 15.8 Å². The summed E-state index contributed by atoms with van der Waals surface area (Å²) in [5.41, 5.74) is 7.19. The number of carbonyl (C=O) groups is 1. The summed E-state index contributed by atoms with van der Waals surface area (Å²) in [6.45, 7) is 0.388. The molecule has 168 valence electrons. The monoisotopic (exact) mass is 454 g/mol. The van der Waals surface area contributed by atoms with Gasteiger partial charge in [-0.05, 0) is 35.2 Å². The van der Waals surface area contributed by atoms with Crippen LogP contribution in [0.2, 0.25) is 0 Å². The first kappa shape index (κ1) is 23.9. The third-order valence-electron chi connectivity index (χ3n) is 4.98. The van der Waals surface area contributed by atoms with E-state index in [4.69, 9.17) is 10.5 Å². The van der Waals surface area contributed by atoms with Gasteiger partial charge in [0.1, 0.15) is 24.3 Å². The predicted molar refractivity (Wildman–Crippen MR) is 123 cm³/mol. The smallest absolute Gasteiger partial charge is 0.329 e. The molecule has 0 heterocycles. The van der Waals surface area contributed by atoms with Gasteiger partial charge in [-0.15, -0.1) is 0 Å². The van der Waals surface area contributed by atoms with E-state index in [1.807, 2.05) is 60.7 Å². The molecule has 0 radical (unpaired) electrons. The minimum Gasteiger partial charge on any atom is -0.489 e. The fourth-order valence-corrected chi connectivity index (χ4v) is 4.39. The molecule has 32 heavy (non-hydrogen) atoms. The van der Waals surface area contributed by atoms with Crippen molar-refractivity contribution in [3.05, 3.63) is 102 Å². The van der Waals surface area contributed by atoms with Crippen molar-refractivity contribution in [1.82, 2.24) is 5.32 Å². The molecule has 0 amide bonds. The maximum atomic E-state index is 11.8. The lowest BCUT2D eigenvalue weighted by molar-refractivity contribution is -0.110. The van der Waals surface area contributed by atoms with Crippen LogP contribution in [0.15, 0.2) is 84.9 Å². The summed E-state index contributed by atoms with van der Waals surface area (Å²) in [4.78, 5) is 31.0. The number of rotatable bonds is 11. The third-order valence-corrected chi connectivity index (χ3v) is 5.89. The zero-order valence-corrected chi connectivity index (χ0v) is 18.4. The Morgan fingerprint density at radius 2 is 1.50 bits per heavy atom. The summed E-state index contributed by atoms with van der Waals surface area (Å²) in [6, 6.07) is 25.0. The molecule has 0 saturated heterocycles. The fourth-order valence-electron chi connectivity index (χ4n) is 3.47. The molecule has 0 aliphatic rings. The second-order valence-corrected chi connectivity index (χ2v) is 9.32. The molecule has 3 rings (SSSR count). The Balaban J connectivity index is 1.77. The van der Waals surface area contributed by atoms with Gasteiger partial charge in [-0.1, -0.05) is 72.8 Å². The van der Waals surface area contributed by atoms with Gasteiger partial charge in [-0.25, -0.2) is 0 Å². The topological polar surface area (TPSA) is 122 Å². The van der Waals surface area contributed by atoms with Crippen LogP contribution in [-0.2, 0) is 28.1 Å². The second-order valence-electron chi connectivity index (χ2n) is 7.67. The quantitative estimate of drug-likeness (QED) is 0.200. The first-order valence-corrected chi connectivity index (χ1v) is 11.9. The van der Waals surface area contributed by atoms with E-state index in [0.717, 1.165) is 11.1 Å². The van der Waals surface area contributed by atoms with Gasteiger partial charge in [0, 0.05) is 0 Å². The highest BCUT2D eigenvalue weighted by molar-refractivity contribution is 7.51. The number of nitrogens with two attached hydrogens (primary N) is 1. The molecule has 3 aromatic carbocycles. The minimum absolute atomic E-state index is 0.336. The maximum Gasteiger partial charge on any atom is 0.329 e. The Hall–Kier alpha value is -2.80. The van der Waals surface area contributed by atoms with Crippen molar-refractivity contribution in [2.75, 3.05) is 6.16 Å². The molecule has 8 heteroatoms. The van der Waals surface area contributed by atoms with E-state index in [9.17, 15) is 19.1 Å². The number of ether oxygens (including phenoxy) is 1. The van der Waals surface area contributed by atoms with E-state index in [-0.39, 0.29) is 0 Å². The molecule has 2 atom stereocenters. The Morgan fingerprint density at radius 3 is 2.03 bits per heavy atom. The lowest BCUT2D eigenvalue weighted by Gasteiger charge is -2.34. The zero-order valence-electron chi connectivity index (χ0n) is 17.5. The maximum absolute atomic E-state index is 11.8. The van der Waals surface area contributed by atoms with Gasteiger partial charge in [0.2, 0.25) is 0 Å². The van der Waals surface area contributed by atoms with Crippen LogP contribution >= 0.6 is 7.60 Å². The standard InChI is InChI=1S/C24H27N2O5P/c25-24(18-32(28,29)30,26-22(16-27)15-19-7-3-1-4-8-19)21-11-13-23(14-12-21)31-17-20-9-5-2-6-10-20/h1-14,16,22,26H,15,17-18,25H2,(H2,28,29,30)/t22-,24-/m0/s1. The largest absolute Gasteiger partial charge is 0.489 e. The lowest BCUT2D eigenvalue weighted by Crippen LogP contribution is -2.58. The average Bonchev–Trinajstić information content (AvgIpc) is 2.78. The van der Waals surface area contributed by atoms with Crippen molar-refractivity contribution in [2.24, 2.45) is 5.73 Å². The van der Waals surface area contributed by atoms with Gasteiger partial charge in [-0.2, -0.15) is 0 Å². The summed E-state index contributed by atoms with van der Waals surface area (Å²) >= 11 is 0. The number of carbonyl (C=O) groups excluding carboxylic acids is 1. The van der Waals surface area contributed by atoms with Crippen molar-refractivity contribution in [1.29, 1.82) is 0 Å². The van der Waals surface area contributed by atoms with Crippen LogP contribution in [0.5, 0.6) is 5.75 Å². The second kappa shape index (κ2) is 10.7. The van der Waals surface area contributed by atoms with Crippen LogP contribution in [0.25, 0.3) is 0 Å². The fraction of sp³-hybridized carbons (Fsp3) is 0.208. The average molecular weight is 454 g/mol. The molecule has 0 unspecified atom stereocenters. The SMILES string of the molecule is N[C@@](CP(=O)(O)O)(N[C@H](C=O)Cc1ccccc1)c1ccc(OCc2ccccc2)cc1.